The number of rotatable bonds is 8. The van der Waals surface area contributed by atoms with Crippen LogP contribution in [0.15, 0.2) is 30.3 Å². The van der Waals surface area contributed by atoms with Gasteiger partial charge in [-0.3, -0.25) is 9.59 Å². The van der Waals surface area contributed by atoms with Gasteiger partial charge in [0.05, 0.1) is 17.1 Å². The van der Waals surface area contributed by atoms with E-state index >= 15 is 0 Å². The summed E-state index contributed by atoms with van der Waals surface area (Å²) >= 11 is 1.40. The lowest BCUT2D eigenvalue weighted by atomic mass is 10.1. The lowest BCUT2D eigenvalue weighted by Crippen LogP contribution is -2.18. The zero-order valence-corrected chi connectivity index (χ0v) is 16.5. The van der Waals surface area contributed by atoms with Gasteiger partial charge in [0.15, 0.2) is 9.84 Å². The summed E-state index contributed by atoms with van der Waals surface area (Å²) in [7, 11) is -3.27. The summed E-state index contributed by atoms with van der Waals surface area (Å²) in [5, 5.41) is 3.23. The third-order valence-electron chi connectivity index (χ3n) is 4.51. The zero-order chi connectivity index (χ0) is 19.4. The van der Waals surface area contributed by atoms with Crippen molar-refractivity contribution in [2.45, 2.75) is 37.9 Å². The number of sulfone groups is 1. The minimum absolute atomic E-state index is 0.0288. The lowest BCUT2D eigenvalue weighted by Gasteiger charge is -2.07. The van der Waals surface area contributed by atoms with Crippen molar-refractivity contribution in [2.75, 3.05) is 11.1 Å². The van der Waals surface area contributed by atoms with Gasteiger partial charge in [0.2, 0.25) is 5.91 Å². The fourth-order valence-corrected chi connectivity index (χ4v) is 6.03. The topological polar surface area (TPSA) is 106 Å². The first-order chi connectivity index (χ1) is 12.9. The Bertz CT molecular complexity index is 950. The Kier molecular flexibility index (Phi) is 5.96. The molecule has 1 aliphatic carbocycles. The summed E-state index contributed by atoms with van der Waals surface area (Å²) in [6.07, 6.45) is 3.01. The van der Waals surface area contributed by atoms with E-state index in [1.165, 1.54) is 11.3 Å². The lowest BCUT2D eigenvalue weighted by molar-refractivity contribution is -0.116. The summed E-state index contributed by atoms with van der Waals surface area (Å²) < 4.78 is 24.4. The number of hydrogen-bond donors (Lipinski definition) is 2. The van der Waals surface area contributed by atoms with Crippen LogP contribution in [-0.4, -0.2) is 26.0 Å². The number of primary amides is 1. The van der Waals surface area contributed by atoms with Gasteiger partial charge < -0.3 is 11.1 Å². The fourth-order valence-electron chi connectivity index (χ4n) is 3.30. The number of fused-ring (bicyclic) bond motifs is 1. The molecule has 1 aromatic heterocycles. The highest BCUT2D eigenvalue weighted by Gasteiger charge is 2.26. The van der Waals surface area contributed by atoms with E-state index in [2.05, 4.69) is 5.32 Å². The van der Waals surface area contributed by atoms with Crippen LogP contribution < -0.4 is 11.1 Å². The highest BCUT2D eigenvalue weighted by molar-refractivity contribution is 7.90. The molecule has 0 radical (unpaired) electrons. The summed E-state index contributed by atoms with van der Waals surface area (Å²) in [6.45, 7) is 0. The molecule has 3 N–H and O–H groups in total. The highest BCUT2D eigenvalue weighted by atomic mass is 32.2. The molecule has 2 aromatic rings. The Morgan fingerprint density at radius 3 is 2.59 bits per heavy atom. The van der Waals surface area contributed by atoms with Crippen LogP contribution >= 0.6 is 11.3 Å². The molecule has 8 heteroatoms. The third kappa shape index (κ3) is 4.95. The molecule has 0 atom stereocenters. The molecule has 0 unspecified atom stereocenters. The van der Waals surface area contributed by atoms with Crippen LogP contribution in [0.25, 0.3) is 0 Å². The van der Waals surface area contributed by atoms with Gasteiger partial charge in [-0.2, -0.15) is 0 Å². The van der Waals surface area contributed by atoms with E-state index < -0.39 is 15.7 Å². The van der Waals surface area contributed by atoms with Crippen LogP contribution in [-0.2, 0) is 33.2 Å². The number of benzene rings is 1. The highest BCUT2D eigenvalue weighted by Crippen LogP contribution is 2.38. The van der Waals surface area contributed by atoms with Crippen LogP contribution in [0.1, 0.15) is 45.6 Å². The predicted octanol–water partition coefficient (Wildman–Crippen LogP) is 2.67. The molecule has 6 nitrogen and oxygen atoms in total. The average Bonchev–Trinajstić information content (AvgIpc) is 3.15. The van der Waals surface area contributed by atoms with Crippen molar-refractivity contribution >= 4 is 38.0 Å². The number of anilines is 1. The second-order valence-electron chi connectivity index (χ2n) is 6.66. The Balaban J connectivity index is 1.54. The summed E-state index contributed by atoms with van der Waals surface area (Å²) in [5.74, 6) is -0.917. The number of amides is 2. The first-order valence-corrected chi connectivity index (χ1v) is 11.5. The Morgan fingerprint density at radius 2 is 1.89 bits per heavy atom. The van der Waals surface area contributed by atoms with E-state index in [0.29, 0.717) is 10.6 Å². The van der Waals surface area contributed by atoms with E-state index in [0.717, 1.165) is 35.3 Å². The molecule has 0 saturated heterocycles. The number of aryl methyl sites for hydroxylation is 1. The van der Waals surface area contributed by atoms with Crippen molar-refractivity contribution in [3.63, 3.8) is 0 Å². The van der Waals surface area contributed by atoms with E-state index in [1.54, 1.807) is 24.3 Å². The van der Waals surface area contributed by atoms with E-state index in [9.17, 15) is 18.0 Å². The van der Waals surface area contributed by atoms with Crippen molar-refractivity contribution in [1.82, 2.24) is 0 Å². The molecule has 144 valence electrons. The van der Waals surface area contributed by atoms with Gasteiger partial charge in [0.1, 0.15) is 5.00 Å². The summed E-state index contributed by atoms with van der Waals surface area (Å²) in [4.78, 5) is 25.0. The van der Waals surface area contributed by atoms with Crippen LogP contribution in [0.4, 0.5) is 5.00 Å². The second kappa shape index (κ2) is 8.22. The van der Waals surface area contributed by atoms with Crippen molar-refractivity contribution in [1.29, 1.82) is 0 Å². The quantitative estimate of drug-likeness (QED) is 0.703. The van der Waals surface area contributed by atoms with E-state index in [1.807, 2.05) is 6.07 Å². The number of hydrogen-bond acceptors (Lipinski definition) is 5. The van der Waals surface area contributed by atoms with Gasteiger partial charge in [-0.25, -0.2) is 8.42 Å². The molecule has 0 spiro atoms. The number of carbonyl (C=O) groups is 2. The average molecular weight is 407 g/mol. The van der Waals surface area contributed by atoms with Gasteiger partial charge in [-0.05, 0) is 36.8 Å². The minimum Gasteiger partial charge on any atom is -0.365 e. The molecule has 1 aromatic carbocycles. The maximum Gasteiger partial charge on any atom is 0.251 e. The van der Waals surface area contributed by atoms with Crippen molar-refractivity contribution in [3.05, 3.63) is 51.9 Å². The normalized spacial score (nSPS) is 13.3. The van der Waals surface area contributed by atoms with E-state index in [4.69, 9.17) is 5.73 Å². The maximum atomic E-state index is 12.2. The molecule has 0 fully saturated rings. The number of carbonyl (C=O) groups excluding carboxylic acids is 2. The molecular formula is C19H22N2O4S2. The maximum absolute atomic E-state index is 12.2. The first kappa shape index (κ1) is 19.6. The number of nitrogens with two attached hydrogens (primary N) is 1. The molecule has 0 saturated carbocycles. The molecule has 1 heterocycles. The number of nitrogens with one attached hydrogen (secondary N) is 1. The Morgan fingerprint density at radius 1 is 1.15 bits per heavy atom. The van der Waals surface area contributed by atoms with Crippen LogP contribution in [0.3, 0.4) is 0 Å². The molecule has 3 rings (SSSR count). The van der Waals surface area contributed by atoms with Crippen molar-refractivity contribution in [2.24, 2.45) is 5.73 Å². The molecule has 27 heavy (non-hydrogen) atoms. The second-order valence-corrected chi connectivity index (χ2v) is 9.94. The molecule has 0 bridgehead atoms. The SMILES string of the molecule is NC(=O)c1c(NC(=O)CCCS(=O)(=O)Cc2ccccc2)sc2c1CCC2. The van der Waals surface area contributed by atoms with Gasteiger partial charge >= 0.3 is 0 Å². The van der Waals surface area contributed by atoms with Crippen LogP contribution in [0.5, 0.6) is 0 Å². The third-order valence-corrected chi connectivity index (χ3v) is 7.40. The van der Waals surface area contributed by atoms with E-state index in [-0.39, 0.29) is 30.3 Å². The largest absolute Gasteiger partial charge is 0.365 e. The Labute approximate surface area is 162 Å². The molecule has 0 aliphatic heterocycles. The first-order valence-electron chi connectivity index (χ1n) is 8.84. The Hall–Kier alpha value is -2.19. The zero-order valence-electron chi connectivity index (χ0n) is 14.9. The van der Waals surface area contributed by atoms with Gasteiger partial charge in [-0.1, -0.05) is 30.3 Å². The monoisotopic (exact) mass is 406 g/mol. The van der Waals surface area contributed by atoms with Crippen molar-refractivity contribution in [3.8, 4) is 0 Å². The fraction of sp³-hybridized carbons (Fsp3) is 0.368. The summed E-state index contributed by atoms with van der Waals surface area (Å²) in [6, 6.07) is 8.97. The minimum atomic E-state index is -3.27. The van der Waals surface area contributed by atoms with Gasteiger partial charge in [-0.15, -0.1) is 11.3 Å². The van der Waals surface area contributed by atoms with Gasteiger partial charge in [0, 0.05) is 11.3 Å². The standard InChI is InChI=1S/C19H22N2O4S2/c20-18(23)17-14-8-4-9-15(14)26-19(17)21-16(22)10-5-11-27(24,25)12-13-6-2-1-3-7-13/h1-3,6-7H,4-5,8-12H2,(H2,20,23)(H,21,22). The van der Waals surface area contributed by atoms with Crippen molar-refractivity contribution < 1.29 is 18.0 Å². The summed E-state index contributed by atoms with van der Waals surface area (Å²) in [5.41, 5.74) is 7.58. The smallest absolute Gasteiger partial charge is 0.251 e. The molecule has 2 amide bonds. The number of thiophene rings is 1. The molecular weight excluding hydrogens is 384 g/mol. The van der Waals surface area contributed by atoms with Crippen LogP contribution in [0, 0.1) is 0 Å². The van der Waals surface area contributed by atoms with Crippen LogP contribution in [0.2, 0.25) is 0 Å². The van der Waals surface area contributed by atoms with Gasteiger partial charge in [0.25, 0.3) is 5.91 Å². The molecule has 1 aliphatic rings. The predicted molar refractivity (Wildman–Crippen MR) is 107 cm³/mol.